The fourth-order valence-corrected chi connectivity index (χ4v) is 5.98. The highest BCUT2D eigenvalue weighted by atomic mass is 32.2. The van der Waals surface area contributed by atoms with Crippen LogP contribution in [0.5, 0.6) is 0 Å². The van der Waals surface area contributed by atoms with Gasteiger partial charge in [-0.3, -0.25) is 9.48 Å². The molecular weight excluding hydrogens is 366 g/mol. The van der Waals surface area contributed by atoms with Gasteiger partial charge in [-0.05, 0) is 51.0 Å². The summed E-state index contributed by atoms with van der Waals surface area (Å²) < 4.78 is 31.2. The van der Waals surface area contributed by atoms with Crippen LogP contribution >= 0.6 is 0 Å². The van der Waals surface area contributed by atoms with Gasteiger partial charge < -0.3 is 9.64 Å². The second-order valence-corrected chi connectivity index (χ2v) is 10.4. The summed E-state index contributed by atoms with van der Waals surface area (Å²) in [4.78, 5) is 15.0. The van der Waals surface area contributed by atoms with Gasteiger partial charge in [-0.2, -0.15) is 5.10 Å². The van der Waals surface area contributed by atoms with E-state index in [1.165, 1.54) is 0 Å². The third-order valence-corrected chi connectivity index (χ3v) is 7.65. The van der Waals surface area contributed by atoms with E-state index in [4.69, 9.17) is 4.74 Å². The number of aromatic nitrogens is 2. The molecule has 7 nitrogen and oxygen atoms in total. The molecule has 0 N–H and O–H groups in total. The zero-order chi connectivity index (χ0) is 19.0. The number of likely N-dealkylation sites (tertiary alicyclic amines) is 1. The van der Waals surface area contributed by atoms with Crippen molar-refractivity contribution in [3.63, 3.8) is 0 Å². The minimum Gasteiger partial charge on any atom is -0.381 e. The molecule has 2 saturated heterocycles. The molecular formula is C19H29N3O4S. The molecule has 3 fully saturated rings. The lowest BCUT2D eigenvalue weighted by atomic mass is 9.98. The molecule has 27 heavy (non-hydrogen) atoms. The number of ether oxygens (including phenoxy) is 1. The Balaban J connectivity index is 1.51. The molecule has 2 atom stereocenters. The van der Waals surface area contributed by atoms with Gasteiger partial charge in [0.2, 0.25) is 0 Å². The molecule has 8 heteroatoms. The summed E-state index contributed by atoms with van der Waals surface area (Å²) in [7, 11) is -2.98. The number of sulfone groups is 1. The van der Waals surface area contributed by atoms with Crippen molar-refractivity contribution in [3.05, 3.63) is 17.5 Å². The number of amides is 1. The van der Waals surface area contributed by atoms with Crippen LogP contribution in [0.3, 0.4) is 0 Å². The normalized spacial score (nSPS) is 27.8. The van der Waals surface area contributed by atoms with E-state index < -0.39 is 9.84 Å². The van der Waals surface area contributed by atoms with E-state index in [2.05, 4.69) is 5.10 Å². The molecule has 2 unspecified atom stereocenters. The van der Waals surface area contributed by atoms with Gasteiger partial charge in [0.05, 0.1) is 24.2 Å². The number of carbonyl (C=O) groups is 1. The van der Waals surface area contributed by atoms with Crippen LogP contribution in [-0.2, 0) is 14.6 Å². The molecule has 0 radical (unpaired) electrons. The van der Waals surface area contributed by atoms with E-state index in [1.807, 2.05) is 22.6 Å². The molecule has 2 aliphatic heterocycles. The molecule has 4 rings (SSSR count). The van der Waals surface area contributed by atoms with E-state index in [9.17, 15) is 13.2 Å². The van der Waals surface area contributed by atoms with E-state index in [0.717, 1.165) is 37.9 Å². The Labute approximate surface area is 161 Å². The van der Waals surface area contributed by atoms with Crippen molar-refractivity contribution in [2.75, 3.05) is 37.8 Å². The number of hydrogen-bond donors (Lipinski definition) is 0. The Kier molecular flexibility index (Phi) is 5.29. The smallest absolute Gasteiger partial charge is 0.274 e. The van der Waals surface area contributed by atoms with Gasteiger partial charge in [-0.1, -0.05) is 0 Å². The summed E-state index contributed by atoms with van der Waals surface area (Å²) in [5, 5.41) is 4.61. The zero-order valence-corrected chi connectivity index (χ0v) is 16.8. The van der Waals surface area contributed by atoms with Crippen LogP contribution in [0.2, 0.25) is 0 Å². The highest BCUT2D eigenvalue weighted by Gasteiger charge is 2.37. The quantitative estimate of drug-likeness (QED) is 0.736. The Bertz CT molecular complexity index is 800. The summed E-state index contributed by atoms with van der Waals surface area (Å²) in [6, 6.07) is 1.79. The second-order valence-electron chi connectivity index (χ2n) is 8.15. The van der Waals surface area contributed by atoms with Gasteiger partial charge >= 0.3 is 0 Å². The van der Waals surface area contributed by atoms with Crippen molar-refractivity contribution >= 4 is 15.7 Å². The van der Waals surface area contributed by atoms with Gasteiger partial charge in [0.15, 0.2) is 15.5 Å². The summed E-state index contributed by atoms with van der Waals surface area (Å²) >= 11 is 0. The second kappa shape index (κ2) is 7.54. The number of nitrogens with zero attached hydrogens (tertiary/aromatic N) is 3. The lowest BCUT2D eigenvalue weighted by Gasteiger charge is -2.32. The Morgan fingerprint density at radius 2 is 2.11 bits per heavy atom. The van der Waals surface area contributed by atoms with Crippen LogP contribution in [0, 0.1) is 5.92 Å². The summed E-state index contributed by atoms with van der Waals surface area (Å²) in [6.07, 6.45) is 4.86. The fraction of sp³-hybridized carbons (Fsp3) is 0.789. The van der Waals surface area contributed by atoms with Crippen molar-refractivity contribution in [1.29, 1.82) is 0 Å². The maximum Gasteiger partial charge on any atom is 0.274 e. The van der Waals surface area contributed by atoms with Gasteiger partial charge in [-0.15, -0.1) is 0 Å². The van der Waals surface area contributed by atoms with Gasteiger partial charge in [0, 0.05) is 31.3 Å². The highest BCUT2D eigenvalue weighted by Crippen LogP contribution is 2.42. The average molecular weight is 396 g/mol. The summed E-state index contributed by atoms with van der Waals surface area (Å²) in [5.41, 5.74) is 1.52. The summed E-state index contributed by atoms with van der Waals surface area (Å²) in [5.74, 6) is 1.14. The predicted octanol–water partition coefficient (Wildman–Crippen LogP) is 2.01. The maximum absolute atomic E-state index is 13.1. The Morgan fingerprint density at radius 1 is 1.30 bits per heavy atom. The SMILES string of the molecule is CCOCC1CCCN(C(=O)c2cc(C3CC3)n(C3CCS(=O)(=O)C3)n2)C1. The first-order valence-electron chi connectivity index (χ1n) is 10.1. The molecule has 0 spiro atoms. The molecule has 1 aliphatic carbocycles. The monoisotopic (exact) mass is 395 g/mol. The maximum atomic E-state index is 13.1. The summed E-state index contributed by atoms with van der Waals surface area (Å²) in [6.45, 7) is 4.85. The Hall–Kier alpha value is -1.41. The first kappa shape index (κ1) is 18.9. The Morgan fingerprint density at radius 3 is 2.78 bits per heavy atom. The molecule has 0 aromatic carbocycles. The molecule has 3 aliphatic rings. The lowest BCUT2D eigenvalue weighted by Crippen LogP contribution is -2.41. The van der Waals surface area contributed by atoms with Gasteiger partial charge in [-0.25, -0.2) is 8.42 Å². The minimum absolute atomic E-state index is 0.0299. The molecule has 3 heterocycles. The van der Waals surface area contributed by atoms with E-state index in [0.29, 0.717) is 43.7 Å². The average Bonchev–Trinajstić information content (AvgIpc) is 3.30. The molecule has 1 amide bonds. The topological polar surface area (TPSA) is 81.5 Å². The van der Waals surface area contributed by atoms with Crippen LogP contribution in [0.25, 0.3) is 0 Å². The molecule has 1 aromatic heterocycles. The molecule has 0 bridgehead atoms. The van der Waals surface area contributed by atoms with Gasteiger partial charge in [0.25, 0.3) is 5.91 Å². The van der Waals surface area contributed by atoms with Crippen LogP contribution in [0.15, 0.2) is 6.07 Å². The standard InChI is InChI=1S/C19H29N3O4S/c1-2-26-12-14-4-3-8-21(11-14)19(23)17-10-18(15-5-6-15)22(20-17)16-7-9-27(24,25)13-16/h10,14-16H,2-9,11-13H2,1H3. The third kappa shape index (κ3) is 4.21. The fourth-order valence-electron chi connectivity index (χ4n) is 4.29. The lowest BCUT2D eigenvalue weighted by molar-refractivity contribution is 0.0496. The molecule has 150 valence electrons. The number of rotatable bonds is 6. The molecule has 1 aromatic rings. The highest BCUT2D eigenvalue weighted by molar-refractivity contribution is 7.91. The van der Waals surface area contributed by atoms with Crippen LogP contribution in [0.4, 0.5) is 0 Å². The minimum atomic E-state index is -2.98. The van der Waals surface area contributed by atoms with Crippen molar-refractivity contribution in [2.24, 2.45) is 5.92 Å². The van der Waals surface area contributed by atoms with Crippen LogP contribution in [0.1, 0.15) is 67.2 Å². The first-order valence-corrected chi connectivity index (χ1v) is 12.0. The predicted molar refractivity (Wildman–Crippen MR) is 102 cm³/mol. The van der Waals surface area contributed by atoms with Crippen molar-refractivity contribution < 1.29 is 17.9 Å². The van der Waals surface area contributed by atoms with E-state index in [1.54, 1.807) is 0 Å². The van der Waals surface area contributed by atoms with E-state index in [-0.39, 0.29) is 23.5 Å². The van der Waals surface area contributed by atoms with E-state index >= 15 is 0 Å². The number of piperidine rings is 1. The first-order chi connectivity index (χ1) is 13.0. The van der Waals surface area contributed by atoms with Gasteiger partial charge in [0.1, 0.15) is 0 Å². The third-order valence-electron chi connectivity index (χ3n) is 5.90. The van der Waals surface area contributed by atoms with Crippen molar-refractivity contribution in [2.45, 2.75) is 51.0 Å². The van der Waals surface area contributed by atoms with Crippen molar-refractivity contribution in [3.8, 4) is 0 Å². The van der Waals surface area contributed by atoms with Crippen LogP contribution < -0.4 is 0 Å². The number of hydrogen-bond acceptors (Lipinski definition) is 5. The van der Waals surface area contributed by atoms with Crippen molar-refractivity contribution in [1.82, 2.24) is 14.7 Å². The number of carbonyl (C=O) groups excluding carboxylic acids is 1. The largest absolute Gasteiger partial charge is 0.381 e. The van der Waals surface area contributed by atoms with Crippen LogP contribution in [-0.4, -0.2) is 66.8 Å². The molecule has 1 saturated carbocycles. The zero-order valence-electron chi connectivity index (χ0n) is 16.0.